The van der Waals surface area contributed by atoms with Crippen molar-refractivity contribution in [3.05, 3.63) is 90.2 Å². The molecule has 1 N–H and O–H groups in total. The number of benzene rings is 3. The van der Waals surface area contributed by atoms with Crippen LogP contribution < -0.4 is 15.1 Å². The van der Waals surface area contributed by atoms with Crippen molar-refractivity contribution in [3.8, 4) is 0 Å². The molecule has 0 radical (unpaired) electrons. The summed E-state index contributed by atoms with van der Waals surface area (Å²) < 4.78 is 18.6. The molecule has 1 saturated heterocycles. The van der Waals surface area contributed by atoms with E-state index in [-0.39, 0.29) is 12.3 Å². The van der Waals surface area contributed by atoms with Crippen molar-refractivity contribution >= 4 is 35.0 Å². The van der Waals surface area contributed by atoms with Crippen molar-refractivity contribution in [1.82, 2.24) is 5.32 Å². The number of para-hydroxylation sites is 1. The molecule has 0 aliphatic carbocycles. The summed E-state index contributed by atoms with van der Waals surface area (Å²) in [5.74, 6) is -1.45. The van der Waals surface area contributed by atoms with Crippen LogP contribution in [0.3, 0.4) is 0 Å². The van der Waals surface area contributed by atoms with Crippen LogP contribution in [-0.2, 0) is 14.3 Å². The molecule has 37 heavy (non-hydrogen) atoms. The fourth-order valence-corrected chi connectivity index (χ4v) is 4.53. The van der Waals surface area contributed by atoms with Gasteiger partial charge in [-0.15, -0.1) is 0 Å². The molecule has 3 aromatic carbocycles. The Kier molecular flexibility index (Phi) is 7.98. The van der Waals surface area contributed by atoms with Gasteiger partial charge in [-0.05, 0) is 86.9 Å². The molecule has 192 valence electrons. The molecule has 0 bridgehead atoms. The highest BCUT2D eigenvalue weighted by atomic mass is 19.1. The minimum absolute atomic E-state index is 0.121. The maximum atomic E-state index is 13.9. The first-order chi connectivity index (χ1) is 17.8. The summed E-state index contributed by atoms with van der Waals surface area (Å²) in [4.78, 5) is 42.9. The van der Waals surface area contributed by atoms with E-state index >= 15 is 0 Å². The quantitative estimate of drug-likeness (QED) is 0.362. The number of halogens is 1. The third kappa shape index (κ3) is 6.03. The lowest BCUT2D eigenvalue weighted by Gasteiger charge is -2.36. The molecule has 0 saturated carbocycles. The van der Waals surface area contributed by atoms with Crippen molar-refractivity contribution in [2.75, 3.05) is 29.9 Å². The molecule has 0 atom stereocenters. The second-order valence-corrected chi connectivity index (χ2v) is 9.30. The summed E-state index contributed by atoms with van der Waals surface area (Å²) in [6, 6.07) is 22.1. The zero-order valence-corrected chi connectivity index (χ0v) is 20.9. The van der Waals surface area contributed by atoms with E-state index in [0.29, 0.717) is 43.0 Å². The highest BCUT2D eigenvalue weighted by Crippen LogP contribution is 2.38. The van der Waals surface area contributed by atoms with E-state index in [1.807, 2.05) is 61.5 Å². The highest BCUT2D eigenvalue weighted by Gasteiger charge is 2.45. The van der Waals surface area contributed by atoms with E-state index in [0.717, 1.165) is 10.5 Å². The number of aryl methyl sites for hydroxylation is 1. The minimum Gasteiger partial charge on any atom is -0.375 e. The highest BCUT2D eigenvalue weighted by molar-refractivity contribution is 6.04. The first-order valence-electron chi connectivity index (χ1n) is 12.2. The maximum Gasteiger partial charge on any atom is 0.421 e. The Morgan fingerprint density at radius 3 is 2.19 bits per heavy atom. The number of nitrogens with one attached hydrogen (secondary N) is 1. The van der Waals surface area contributed by atoms with E-state index in [1.165, 1.54) is 31.3 Å². The van der Waals surface area contributed by atoms with Crippen LogP contribution in [0.1, 0.15) is 24.8 Å². The number of hydrogen-bond acceptors (Lipinski definition) is 5. The Bertz CT molecular complexity index is 1260. The van der Waals surface area contributed by atoms with Crippen LogP contribution >= 0.6 is 0 Å². The number of ether oxygens (including phenoxy) is 1. The topological polar surface area (TPSA) is 79.0 Å². The van der Waals surface area contributed by atoms with Crippen LogP contribution in [0.25, 0.3) is 0 Å². The predicted molar refractivity (Wildman–Crippen MR) is 140 cm³/mol. The molecule has 8 heteroatoms. The number of anilines is 3. The molecule has 7 nitrogen and oxygen atoms in total. The van der Waals surface area contributed by atoms with Gasteiger partial charge in [-0.3, -0.25) is 19.4 Å². The SMILES string of the molecule is Cc1cccc(N(C(=O)CC2(C(=O)OC(=O)N(C)c3ccc(F)cc3)CCNCC2)c2ccccc2)c1. The average molecular weight is 504 g/mol. The molecule has 0 unspecified atom stereocenters. The van der Waals surface area contributed by atoms with Gasteiger partial charge in [0, 0.05) is 30.5 Å². The van der Waals surface area contributed by atoms with Gasteiger partial charge in [0.1, 0.15) is 5.82 Å². The first kappa shape index (κ1) is 26.0. The monoisotopic (exact) mass is 503 g/mol. The number of carbonyl (C=O) groups excluding carboxylic acids is 3. The van der Waals surface area contributed by atoms with Crippen LogP contribution in [-0.4, -0.2) is 38.1 Å². The summed E-state index contributed by atoms with van der Waals surface area (Å²) in [6.45, 7) is 2.98. The first-order valence-corrected chi connectivity index (χ1v) is 12.2. The smallest absolute Gasteiger partial charge is 0.375 e. The van der Waals surface area contributed by atoms with Crippen LogP contribution in [0.2, 0.25) is 0 Å². The molecule has 4 rings (SSSR count). The number of nitrogens with zero attached hydrogens (tertiary/aromatic N) is 2. The van der Waals surface area contributed by atoms with Gasteiger partial charge in [0.15, 0.2) is 0 Å². The maximum absolute atomic E-state index is 13.9. The van der Waals surface area contributed by atoms with E-state index in [4.69, 9.17) is 4.74 Å². The third-order valence-electron chi connectivity index (χ3n) is 6.67. The standard InChI is InChI=1S/C29H30FN3O4/c1-21-7-6-10-25(19-21)33(24-8-4-3-5-9-24)26(34)20-29(15-17-31-18-16-29)27(35)37-28(36)32(2)23-13-11-22(30)12-14-23/h3-14,19,31H,15-18,20H2,1-2H3. The zero-order valence-electron chi connectivity index (χ0n) is 20.9. The van der Waals surface area contributed by atoms with Crippen LogP contribution in [0.15, 0.2) is 78.9 Å². The van der Waals surface area contributed by atoms with Gasteiger partial charge in [-0.2, -0.15) is 0 Å². The number of amides is 2. The van der Waals surface area contributed by atoms with Gasteiger partial charge in [0.2, 0.25) is 5.91 Å². The van der Waals surface area contributed by atoms with Crippen molar-refractivity contribution in [3.63, 3.8) is 0 Å². The van der Waals surface area contributed by atoms with Crippen molar-refractivity contribution < 1.29 is 23.5 Å². The molecule has 0 spiro atoms. The molecule has 1 heterocycles. The fraction of sp³-hybridized carbons (Fsp3) is 0.276. The van der Waals surface area contributed by atoms with Crippen LogP contribution in [0.5, 0.6) is 0 Å². The van der Waals surface area contributed by atoms with Gasteiger partial charge in [-0.1, -0.05) is 30.3 Å². The summed E-state index contributed by atoms with van der Waals surface area (Å²) in [6.07, 6.45) is -0.312. The second-order valence-electron chi connectivity index (χ2n) is 9.30. The Morgan fingerprint density at radius 2 is 1.54 bits per heavy atom. The molecular formula is C29H30FN3O4. The van der Waals surface area contributed by atoms with Crippen molar-refractivity contribution in [2.24, 2.45) is 5.41 Å². The Balaban J connectivity index is 1.59. The number of piperidine rings is 1. The number of rotatable bonds is 6. The molecule has 1 aliphatic rings. The molecule has 3 aromatic rings. The van der Waals surface area contributed by atoms with E-state index < -0.39 is 23.3 Å². The Hall–Kier alpha value is -4.04. The normalized spacial score (nSPS) is 14.5. The summed E-state index contributed by atoms with van der Waals surface area (Å²) in [5.41, 5.74) is 1.59. The van der Waals surface area contributed by atoms with E-state index in [1.54, 1.807) is 4.90 Å². The van der Waals surface area contributed by atoms with Gasteiger partial charge in [0.25, 0.3) is 0 Å². The van der Waals surface area contributed by atoms with Crippen molar-refractivity contribution in [1.29, 1.82) is 0 Å². The molecule has 1 fully saturated rings. The average Bonchev–Trinajstić information content (AvgIpc) is 2.90. The van der Waals surface area contributed by atoms with Crippen LogP contribution in [0, 0.1) is 18.2 Å². The van der Waals surface area contributed by atoms with E-state index in [2.05, 4.69) is 5.32 Å². The molecule has 1 aliphatic heterocycles. The Morgan fingerprint density at radius 1 is 0.892 bits per heavy atom. The lowest BCUT2D eigenvalue weighted by molar-refractivity contribution is -0.153. The fourth-order valence-electron chi connectivity index (χ4n) is 4.53. The number of carbonyl (C=O) groups is 3. The molecule has 0 aromatic heterocycles. The third-order valence-corrected chi connectivity index (χ3v) is 6.67. The zero-order chi connectivity index (χ0) is 26.4. The van der Waals surface area contributed by atoms with Gasteiger partial charge in [-0.25, -0.2) is 9.18 Å². The lowest BCUT2D eigenvalue weighted by atomic mass is 9.75. The Labute approximate surface area is 215 Å². The van der Waals surface area contributed by atoms with Crippen LogP contribution in [0.4, 0.5) is 26.2 Å². The largest absolute Gasteiger partial charge is 0.421 e. The summed E-state index contributed by atoms with van der Waals surface area (Å²) in [5, 5.41) is 3.21. The summed E-state index contributed by atoms with van der Waals surface area (Å²) in [7, 11) is 1.44. The van der Waals surface area contributed by atoms with Crippen molar-refractivity contribution in [2.45, 2.75) is 26.2 Å². The molecule has 2 amide bonds. The lowest BCUT2D eigenvalue weighted by Crippen LogP contribution is -2.47. The number of hydrogen-bond donors (Lipinski definition) is 1. The predicted octanol–water partition coefficient (Wildman–Crippen LogP) is 5.36. The van der Waals surface area contributed by atoms with Gasteiger partial charge in [0.05, 0.1) is 5.41 Å². The summed E-state index contributed by atoms with van der Waals surface area (Å²) >= 11 is 0. The molecular weight excluding hydrogens is 473 g/mol. The van der Waals surface area contributed by atoms with Gasteiger partial charge >= 0.3 is 12.1 Å². The van der Waals surface area contributed by atoms with Gasteiger partial charge < -0.3 is 10.1 Å². The minimum atomic E-state index is -1.17. The number of esters is 1. The second kappa shape index (κ2) is 11.3. The van der Waals surface area contributed by atoms with E-state index in [9.17, 15) is 18.8 Å².